The van der Waals surface area contributed by atoms with Crippen molar-refractivity contribution in [1.29, 1.82) is 0 Å². The van der Waals surface area contributed by atoms with Gasteiger partial charge in [0.05, 0.1) is 6.61 Å². The van der Waals surface area contributed by atoms with Crippen LogP contribution >= 0.6 is 11.8 Å². The van der Waals surface area contributed by atoms with E-state index in [2.05, 4.69) is 0 Å². The minimum Gasteiger partial charge on any atom is -0.388 e. The summed E-state index contributed by atoms with van der Waals surface area (Å²) < 4.78 is 23.1. The van der Waals surface area contributed by atoms with Gasteiger partial charge in [-0.25, -0.2) is 0 Å². The fourth-order valence-corrected chi connectivity index (χ4v) is 2.80. The Morgan fingerprint density at radius 2 is 1.70 bits per heavy atom. The maximum Gasteiger partial charge on any atom is 0.164 e. The van der Waals surface area contributed by atoms with Crippen LogP contribution in [0.15, 0.2) is 11.5 Å². The zero-order valence-electron chi connectivity index (χ0n) is 12.7. The van der Waals surface area contributed by atoms with Crippen molar-refractivity contribution in [3.05, 3.63) is 11.5 Å². The normalized spacial score (nSPS) is 40.3. The maximum absolute atomic E-state index is 10.2. The van der Waals surface area contributed by atoms with E-state index in [0.717, 1.165) is 0 Å². The summed E-state index contributed by atoms with van der Waals surface area (Å²) in [5.41, 5.74) is 0. The van der Waals surface area contributed by atoms with E-state index in [1.54, 1.807) is 11.8 Å². The first-order chi connectivity index (χ1) is 9.24. The monoisotopic (exact) mass is 304 g/mol. The highest BCUT2D eigenvalue weighted by Crippen LogP contribution is 2.36. The smallest absolute Gasteiger partial charge is 0.164 e. The molecule has 0 aromatic carbocycles. The van der Waals surface area contributed by atoms with Crippen LogP contribution in [0, 0.1) is 0 Å². The maximum atomic E-state index is 10.2. The molecule has 2 fully saturated rings. The van der Waals surface area contributed by atoms with Gasteiger partial charge in [-0.2, -0.15) is 0 Å². The molecule has 2 aliphatic heterocycles. The molecule has 116 valence electrons. The van der Waals surface area contributed by atoms with Gasteiger partial charge in [0.1, 0.15) is 24.4 Å². The van der Waals surface area contributed by atoms with E-state index < -0.39 is 23.8 Å². The molecule has 5 nitrogen and oxygen atoms in total. The van der Waals surface area contributed by atoms with Crippen LogP contribution in [0.4, 0.5) is 0 Å². The fraction of sp³-hybridized carbons (Fsp3) is 0.857. The first-order valence-electron chi connectivity index (χ1n) is 6.79. The lowest BCUT2D eigenvalue weighted by atomic mass is 10.0. The second-order valence-electron chi connectivity index (χ2n) is 5.99. The molecular formula is C14H24O5S. The van der Waals surface area contributed by atoms with E-state index in [4.69, 9.17) is 18.9 Å². The van der Waals surface area contributed by atoms with E-state index in [9.17, 15) is 5.11 Å². The lowest BCUT2D eigenvalue weighted by Gasteiger charge is -2.41. The van der Waals surface area contributed by atoms with E-state index >= 15 is 0 Å². The summed E-state index contributed by atoms with van der Waals surface area (Å²) in [5, 5.41) is 12.1. The highest BCUT2D eigenvalue weighted by Gasteiger charge is 2.50. The molecule has 4 atom stereocenters. The first kappa shape index (κ1) is 16.3. The number of aliphatic hydroxyl groups is 1. The van der Waals surface area contributed by atoms with Gasteiger partial charge in [0.25, 0.3) is 0 Å². The van der Waals surface area contributed by atoms with Gasteiger partial charge >= 0.3 is 0 Å². The van der Waals surface area contributed by atoms with E-state index in [-0.39, 0.29) is 18.8 Å². The highest BCUT2D eigenvalue weighted by molar-refractivity contribution is 8.01. The van der Waals surface area contributed by atoms with Crippen LogP contribution in [-0.4, -0.2) is 54.0 Å². The molecule has 6 heteroatoms. The first-order valence-corrected chi connectivity index (χ1v) is 8.08. The molecule has 2 saturated heterocycles. The molecule has 0 spiro atoms. The molecule has 0 unspecified atom stereocenters. The number of aliphatic hydroxyl groups excluding tert-OH is 1. The van der Waals surface area contributed by atoms with Crippen molar-refractivity contribution in [1.82, 2.24) is 0 Å². The number of rotatable bonds is 3. The fourth-order valence-electron chi connectivity index (χ4n) is 2.48. The van der Waals surface area contributed by atoms with Crippen LogP contribution in [0.2, 0.25) is 0 Å². The third-order valence-corrected chi connectivity index (χ3v) is 3.72. The zero-order chi connectivity index (χ0) is 15.0. The van der Waals surface area contributed by atoms with Crippen molar-refractivity contribution in [3.63, 3.8) is 0 Å². The Morgan fingerprint density at radius 3 is 2.35 bits per heavy atom. The van der Waals surface area contributed by atoms with Crippen LogP contribution in [0.25, 0.3) is 0 Å². The van der Waals surface area contributed by atoms with Gasteiger partial charge in [-0.15, -0.1) is 11.8 Å². The molecule has 0 bridgehead atoms. The summed E-state index contributed by atoms with van der Waals surface area (Å²) in [6, 6.07) is 0. The minimum absolute atomic E-state index is 0.233. The number of thioether (sulfide) groups is 1. The Bertz CT molecular complexity index is 369. The van der Waals surface area contributed by atoms with Gasteiger partial charge in [0.15, 0.2) is 11.6 Å². The number of hydrogen-bond acceptors (Lipinski definition) is 6. The average Bonchev–Trinajstić information content (AvgIpc) is 2.65. The molecule has 0 aliphatic carbocycles. The molecule has 0 saturated carbocycles. The summed E-state index contributed by atoms with van der Waals surface area (Å²) in [6.07, 6.45) is 2.13. The molecule has 1 N–H and O–H groups in total. The number of ether oxygens (including phenoxy) is 4. The molecule has 0 radical (unpaired) electrons. The Hall–Kier alpha value is -0.110. The summed E-state index contributed by atoms with van der Waals surface area (Å²) >= 11 is 1.59. The van der Waals surface area contributed by atoms with Gasteiger partial charge in [-0.05, 0) is 45.4 Å². The van der Waals surface area contributed by atoms with Crippen molar-refractivity contribution in [3.8, 4) is 0 Å². The van der Waals surface area contributed by atoms with Crippen molar-refractivity contribution < 1.29 is 24.1 Å². The van der Waals surface area contributed by atoms with Gasteiger partial charge in [0, 0.05) is 0 Å². The molecule has 2 heterocycles. The molecular weight excluding hydrogens is 280 g/mol. The Labute approximate surface area is 124 Å². The summed E-state index contributed by atoms with van der Waals surface area (Å²) in [7, 11) is 0. The largest absolute Gasteiger partial charge is 0.388 e. The zero-order valence-corrected chi connectivity index (χ0v) is 13.5. The minimum atomic E-state index is -0.728. The van der Waals surface area contributed by atoms with Crippen molar-refractivity contribution in [2.45, 2.75) is 63.7 Å². The quantitative estimate of drug-likeness (QED) is 0.859. The molecule has 2 rings (SSSR count). The second kappa shape index (κ2) is 5.94. The number of hydrogen-bond donors (Lipinski definition) is 1. The van der Waals surface area contributed by atoms with Gasteiger partial charge < -0.3 is 24.1 Å². The Balaban J connectivity index is 2.17. The SMILES string of the molecule is CS/C=C\[C@@H]1OC(C)(C)O[C@H]1[C@@H]1OC(C)(C)OC[C@H]1O. The summed E-state index contributed by atoms with van der Waals surface area (Å²) in [6.45, 7) is 7.63. The van der Waals surface area contributed by atoms with Crippen LogP contribution in [0.3, 0.4) is 0 Å². The Morgan fingerprint density at radius 1 is 1.05 bits per heavy atom. The lowest BCUT2D eigenvalue weighted by molar-refractivity contribution is -0.322. The highest BCUT2D eigenvalue weighted by atomic mass is 32.2. The van der Waals surface area contributed by atoms with Gasteiger partial charge in [-0.3, -0.25) is 0 Å². The summed E-state index contributed by atoms with van der Waals surface area (Å²) in [5.74, 6) is -1.42. The van der Waals surface area contributed by atoms with Crippen LogP contribution in [0.1, 0.15) is 27.7 Å². The van der Waals surface area contributed by atoms with Crippen LogP contribution in [0.5, 0.6) is 0 Å². The van der Waals surface area contributed by atoms with Crippen LogP contribution in [-0.2, 0) is 18.9 Å². The van der Waals surface area contributed by atoms with Crippen LogP contribution < -0.4 is 0 Å². The van der Waals surface area contributed by atoms with Gasteiger partial charge in [-0.1, -0.05) is 0 Å². The second-order valence-corrected chi connectivity index (χ2v) is 6.73. The molecule has 0 aromatic heterocycles. The third kappa shape index (κ3) is 3.75. The molecule has 2 aliphatic rings. The van der Waals surface area contributed by atoms with Gasteiger partial charge in [0.2, 0.25) is 0 Å². The predicted octanol–water partition coefficient (Wildman–Crippen LogP) is 1.90. The topological polar surface area (TPSA) is 57.2 Å². The van der Waals surface area contributed by atoms with E-state index in [1.807, 2.05) is 45.4 Å². The van der Waals surface area contributed by atoms with E-state index in [0.29, 0.717) is 0 Å². The predicted molar refractivity (Wildman–Crippen MR) is 77.4 cm³/mol. The molecule has 0 aromatic rings. The molecule has 0 amide bonds. The van der Waals surface area contributed by atoms with Crippen molar-refractivity contribution in [2.24, 2.45) is 0 Å². The van der Waals surface area contributed by atoms with Crippen molar-refractivity contribution in [2.75, 3.05) is 12.9 Å². The van der Waals surface area contributed by atoms with Crippen molar-refractivity contribution >= 4 is 11.8 Å². The lowest BCUT2D eigenvalue weighted by Crippen LogP contribution is -2.55. The summed E-state index contributed by atoms with van der Waals surface area (Å²) in [4.78, 5) is 0. The molecule has 20 heavy (non-hydrogen) atoms. The average molecular weight is 304 g/mol. The Kier molecular flexibility index (Phi) is 4.83. The third-order valence-electron chi connectivity index (χ3n) is 3.29. The standard InChI is InChI=1S/C14H24O5S/c1-13(2)16-8-9(15)11(18-13)12-10(6-7-20-5)17-14(3,4)19-12/h6-7,9-12,15H,8H2,1-5H3/b7-6-/t9-,10+,11-,12-/m1/s1. The van der Waals surface area contributed by atoms with E-state index in [1.165, 1.54) is 0 Å².